The molecule has 3 fully saturated rings. The van der Waals surface area contributed by atoms with Crippen LogP contribution in [0.4, 0.5) is 0 Å². The van der Waals surface area contributed by atoms with E-state index in [-0.39, 0.29) is 58.9 Å². The third kappa shape index (κ3) is 7.87. The number of nitrogens with zero attached hydrogens (tertiary/aromatic N) is 5. The number of ether oxygens (including phenoxy) is 2. The average Bonchev–Trinajstić information content (AvgIpc) is 3.77. The number of aromatic nitrogens is 2. The van der Waals surface area contributed by atoms with Crippen LogP contribution in [0.3, 0.4) is 0 Å². The zero-order valence-corrected chi connectivity index (χ0v) is 33.4. The average molecular weight is 798 g/mol. The van der Waals surface area contributed by atoms with Crippen molar-refractivity contribution in [2.45, 2.75) is 96.9 Å². The van der Waals surface area contributed by atoms with Crippen LogP contribution in [0.2, 0.25) is 5.02 Å². The first-order chi connectivity index (χ1) is 27.2. The van der Waals surface area contributed by atoms with E-state index in [0.29, 0.717) is 34.4 Å². The Morgan fingerprint density at radius 3 is 2.37 bits per heavy atom. The summed E-state index contributed by atoms with van der Waals surface area (Å²) in [6.45, 7) is 11.6. The molecule has 2 saturated heterocycles. The van der Waals surface area contributed by atoms with Crippen LogP contribution in [-0.2, 0) is 9.59 Å². The highest BCUT2D eigenvalue weighted by Crippen LogP contribution is 2.55. The van der Waals surface area contributed by atoms with Gasteiger partial charge in [-0.05, 0) is 81.5 Å². The molecule has 3 aliphatic heterocycles. The lowest BCUT2D eigenvalue weighted by molar-refractivity contribution is -0.164. The predicted octanol–water partition coefficient (Wildman–Crippen LogP) is 5.31. The van der Waals surface area contributed by atoms with Gasteiger partial charge in [-0.25, -0.2) is 0 Å². The molecule has 1 saturated carbocycles. The fraction of sp³-hybridized carbons (Fsp3) is 0.500. The van der Waals surface area contributed by atoms with E-state index in [4.69, 9.17) is 26.2 Å². The maximum absolute atomic E-state index is 13.4. The highest BCUT2D eigenvalue weighted by atomic mass is 35.5. The Kier molecular flexibility index (Phi) is 11.2. The summed E-state index contributed by atoms with van der Waals surface area (Å²) in [5.41, 5.74) is 0.465. The van der Waals surface area contributed by atoms with Crippen molar-refractivity contribution in [1.82, 2.24) is 30.2 Å². The van der Waals surface area contributed by atoms with Crippen LogP contribution >= 0.6 is 11.6 Å². The fourth-order valence-electron chi connectivity index (χ4n) is 9.21. The topological polar surface area (TPSA) is 176 Å². The number of nitrogens with one attached hydrogen (secondary N) is 2. The summed E-state index contributed by atoms with van der Waals surface area (Å²) in [5.74, 6) is -1.27. The minimum absolute atomic E-state index is 0.0726. The van der Waals surface area contributed by atoms with E-state index >= 15 is 0 Å². The summed E-state index contributed by atoms with van der Waals surface area (Å²) in [6.07, 6.45) is 6.57. The number of likely N-dealkylation sites (tertiary alicyclic amines) is 1. The number of nitriles is 1. The number of benzene rings is 2. The number of rotatable bonds is 13. The third-order valence-electron chi connectivity index (χ3n) is 12.0. The first-order valence-corrected chi connectivity index (χ1v) is 20.0. The van der Waals surface area contributed by atoms with E-state index in [2.05, 4.69) is 49.3 Å². The van der Waals surface area contributed by atoms with Gasteiger partial charge in [0.1, 0.15) is 35.4 Å². The molecule has 1 atom stereocenters. The molecule has 1 aliphatic carbocycles. The Bertz CT molecular complexity index is 2120. The van der Waals surface area contributed by atoms with Gasteiger partial charge in [-0.2, -0.15) is 10.4 Å². The van der Waals surface area contributed by atoms with Gasteiger partial charge < -0.3 is 19.7 Å². The zero-order chi connectivity index (χ0) is 40.6. The normalized spacial score (nSPS) is 23.0. The quantitative estimate of drug-likeness (QED) is 0.170. The number of halogens is 1. The molecule has 300 valence electrons. The number of amides is 5. The first-order valence-electron chi connectivity index (χ1n) is 19.6. The summed E-state index contributed by atoms with van der Waals surface area (Å²) < 4.78 is 14.2. The highest BCUT2D eigenvalue weighted by molar-refractivity contribution is 6.31. The summed E-state index contributed by atoms with van der Waals surface area (Å²) in [7, 11) is 0. The monoisotopic (exact) mass is 797 g/mol. The number of hydrogen-bond acceptors (Lipinski definition) is 10. The zero-order valence-electron chi connectivity index (χ0n) is 32.7. The van der Waals surface area contributed by atoms with E-state index < -0.39 is 29.7 Å². The van der Waals surface area contributed by atoms with Crippen molar-refractivity contribution in [3.8, 4) is 17.6 Å². The number of carbonyl (C=O) groups excluding carboxylic acids is 5. The van der Waals surface area contributed by atoms with Crippen LogP contribution in [0.25, 0.3) is 0 Å². The summed E-state index contributed by atoms with van der Waals surface area (Å²) in [5, 5.41) is 19.7. The van der Waals surface area contributed by atoms with Crippen molar-refractivity contribution in [2.24, 2.45) is 10.8 Å². The number of imide groups is 2. The van der Waals surface area contributed by atoms with E-state index in [0.717, 1.165) is 56.6 Å². The van der Waals surface area contributed by atoms with Crippen LogP contribution in [0.15, 0.2) is 48.7 Å². The van der Waals surface area contributed by atoms with Crippen LogP contribution in [0, 0.1) is 22.2 Å². The maximum atomic E-state index is 13.4. The molecule has 4 aliphatic rings. The Balaban J connectivity index is 0.811. The minimum Gasteiger partial charge on any atom is -0.494 e. The molecule has 57 heavy (non-hydrogen) atoms. The second kappa shape index (κ2) is 15.9. The van der Waals surface area contributed by atoms with E-state index in [1.165, 1.54) is 0 Å². The van der Waals surface area contributed by atoms with Gasteiger partial charge in [0.15, 0.2) is 0 Å². The molecule has 0 bridgehead atoms. The molecular weight excluding hydrogens is 750 g/mol. The van der Waals surface area contributed by atoms with Crippen molar-refractivity contribution in [3.63, 3.8) is 0 Å². The number of piperidine rings is 2. The molecule has 4 heterocycles. The summed E-state index contributed by atoms with van der Waals surface area (Å²) in [4.78, 5) is 66.7. The van der Waals surface area contributed by atoms with Gasteiger partial charge in [0.2, 0.25) is 11.8 Å². The molecule has 5 amide bonds. The smallest absolute Gasteiger partial charge is 0.272 e. The van der Waals surface area contributed by atoms with Gasteiger partial charge in [0.05, 0.1) is 34.4 Å². The number of fused-ring (bicyclic) bond motifs is 1. The van der Waals surface area contributed by atoms with Crippen molar-refractivity contribution in [2.75, 3.05) is 26.2 Å². The van der Waals surface area contributed by atoms with Crippen LogP contribution in [-0.4, -0.2) is 93.5 Å². The second-order valence-corrected chi connectivity index (χ2v) is 17.0. The van der Waals surface area contributed by atoms with Gasteiger partial charge in [-0.15, -0.1) is 0 Å². The molecule has 15 heteroatoms. The van der Waals surface area contributed by atoms with E-state index in [9.17, 15) is 29.2 Å². The predicted molar refractivity (Wildman–Crippen MR) is 209 cm³/mol. The standard InChI is InChI=1S/C42H48ClN7O7/c1-41(2)39(42(3,4)40(41)57-28-9-8-25(24-44)31(43)23-28)46-35(52)32-16-20-49(47-32)26-14-18-48(19-15-26)17-6-5-7-21-56-27-10-11-29-30(22-27)38(55)50(37(29)54)33-12-13-34(51)45-36(33)53/h8-11,16,20,22-23,26,33,39-40H,5-7,12-15,17-19,21H2,1-4H3,(H,46,52)(H,45,51,53)/t33?,39-,40-. The van der Waals surface area contributed by atoms with Crippen molar-refractivity contribution in [3.05, 3.63) is 76.1 Å². The molecule has 2 aromatic carbocycles. The largest absolute Gasteiger partial charge is 0.494 e. The molecule has 7 rings (SSSR count). The first kappa shape index (κ1) is 40.0. The van der Waals surface area contributed by atoms with Crippen LogP contribution < -0.4 is 20.1 Å². The van der Waals surface area contributed by atoms with Crippen molar-refractivity contribution < 1.29 is 33.4 Å². The Hall–Kier alpha value is -5.26. The van der Waals surface area contributed by atoms with Gasteiger partial charge in [-0.3, -0.25) is 38.9 Å². The second-order valence-electron chi connectivity index (χ2n) is 16.6. The van der Waals surface area contributed by atoms with Crippen molar-refractivity contribution >= 4 is 41.1 Å². The molecular formula is C42H48ClN7O7. The van der Waals surface area contributed by atoms with E-state index in [1.807, 2.05) is 10.9 Å². The Morgan fingerprint density at radius 2 is 1.67 bits per heavy atom. The van der Waals surface area contributed by atoms with Gasteiger partial charge >= 0.3 is 0 Å². The summed E-state index contributed by atoms with van der Waals surface area (Å²) in [6, 6.07) is 12.7. The van der Waals surface area contributed by atoms with Gasteiger partial charge in [0.25, 0.3) is 17.7 Å². The summed E-state index contributed by atoms with van der Waals surface area (Å²) >= 11 is 6.24. The third-order valence-corrected chi connectivity index (χ3v) is 12.3. The van der Waals surface area contributed by atoms with Crippen molar-refractivity contribution in [1.29, 1.82) is 5.26 Å². The minimum atomic E-state index is -0.999. The SMILES string of the molecule is CC1(C)[C@H](NC(=O)c2ccn(C3CCN(CCCCCOc4ccc5c(c4)C(=O)N(C4CCC(=O)NC4=O)C5=O)CC3)n2)C(C)(C)[C@H]1Oc1ccc(C#N)c(Cl)c1. The fourth-order valence-corrected chi connectivity index (χ4v) is 9.43. The number of hydrogen-bond donors (Lipinski definition) is 2. The van der Waals surface area contributed by atoms with Crippen LogP contribution in [0.1, 0.15) is 115 Å². The molecule has 14 nitrogen and oxygen atoms in total. The lowest BCUT2D eigenvalue weighted by Gasteiger charge is -2.63. The number of carbonyl (C=O) groups is 5. The molecule has 0 radical (unpaired) electrons. The van der Waals surface area contributed by atoms with E-state index in [1.54, 1.807) is 42.5 Å². The lowest BCUT2D eigenvalue weighted by atomic mass is 9.49. The Morgan fingerprint density at radius 1 is 0.947 bits per heavy atom. The molecule has 1 unspecified atom stereocenters. The lowest BCUT2D eigenvalue weighted by Crippen LogP contribution is -2.74. The number of unbranched alkanes of at least 4 members (excludes halogenated alkanes) is 2. The molecule has 2 N–H and O–H groups in total. The molecule has 3 aromatic rings. The van der Waals surface area contributed by atoms with Gasteiger partial charge in [0, 0.05) is 48.6 Å². The van der Waals surface area contributed by atoms with Crippen LogP contribution in [0.5, 0.6) is 11.5 Å². The van der Waals surface area contributed by atoms with Gasteiger partial charge in [-0.1, -0.05) is 39.3 Å². The highest BCUT2D eigenvalue weighted by Gasteiger charge is 2.64. The Labute approximate surface area is 336 Å². The molecule has 0 spiro atoms. The molecule has 1 aromatic heterocycles. The maximum Gasteiger partial charge on any atom is 0.272 e.